The molecule has 0 heterocycles. The highest BCUT2D eigenvalue weighted by atomic mass is 35.5. The molecule has 0 aromatic heterocycles. The Hall–Kier alpha value is -2.06. The summed E-state index contributed by atoms with van der Waals surface area (Å²) in [6.07, 6.45) is 0. The summed E-state index contributed by atoms with van der Waals surface area (Å²) >= 11 is 23.7. The lowest BCUT2D eigenvalue weighted by molar-refractivity contribution is 0.594. The summed E-state index contributed by atoms with van der Waals surface area (Å²) in [5.74, 6) is 0. The van der Waals surface area contributed by atoms with E-state index in [4.69, 9.17) is 46.4 Å². The average molecular weight is 572 g/mol. The Bertz CT molecular complexity index is 1480. The van der Waals surface area contributed by atoms with Crippen molar-refractivity contribution in [3.05, 3.63) is 105 Å². The molecule has 0 saturated carbocycles. The Balaban J connectivity index is 1.61. The number of benzene rings is 4. The molecule has 0 aliphatic heterocycles. The second-order valence-corrected chi connectivity index (χ2v) is 12.7. The van der Waals surface area contributed by atoms with Gasteiger partial charge in [-0.05, 0) is 71.8 Å². The van der Waals surface area contributed by atoms with Crippen LogP contribution in [0.5, 0.6) is 0 Å². The van der Waals surface area contributed by atoms with Crippen LogP contribution in [0.4, 0.5) is 0 Å². The Kier molecular flexibility index (Phi) is 7.02. The lowest BCUT2D eigenvalue weighted by Gasteiger charge is -2.09. The van der Waals surface area contributed by atoms with E-state index in [1.165, 1.54) is 60.7 Å². The van der Waals surface area contributed by atoms with Gasteiger partial charge in [0.05, 0.1) is 39.7 Å². The molecule has 10 heteroatoms. The van der Waals surface area contributed by atoms with E-state index in [-0.39, 0.29) is 39.7 Å². The molecule has 4 rings (SSSR count). The second kappa shape index (κ2) is 9.53. The van der Waals surface area contributed by atoms with E-state index >= 15 is 0 Å². The van der Waals surface area contributed by atoms with Crippen molar-refractivity contribution in [1.29, 1.82) is 0 Å². The van der Waals surface area contributed by atoms with Gasteiger partial charge >= 0.3 is 0 Å². The molecule has 4 aromatic rings. The first kappa shape index (κ1) is 25.0. The number of halogens is 4. The van der Waals surface area contributed by atoms with Crippen molar-refractivity contribution in [3.63, 3.8) is 0 Å². The van der Waals surface area contributed by atoms with E-state index in [1.54, 1.807) is 24.3 Å². The fourth-order valence-corrected chi connectivity index (χ4v) is 6.51. The molecule has 0 bridgehead atoms. The monoisotopic (exact) mass is 570 g/mol. The van der Waals surface area contributed by atoms with Gasteiger partial charge in [0.1, 0.15) is 0 Å². The Morgan fingerprint density at radius 3 is 0.971 bits per heavy atom. The van der Waals surface area contributed by atoms with Crippen LogP contribution in [-0.4, -0.2) is 16.8 Å². The second-order valence-electron chi connectivity index (χ2n) is 7.21. The SMILES string of the molecule is O=S(=O)(c1ccc(-c2ccc(S(=O)(=O)c3ccc(Cl)c(Cl)c3)cc2)cc1)c1ccc(Cl)c(Cl)c1. The van der Waals surface area contributed by atoms with Gasteiger partial charge in [0.2, 0.25) is 19.7 Å². The van der Waals surface area contributed by atoms with Gasteiger partial charge in [0.15, 0.2) is 0 Å². The van der Waals surface area contributed by atoms with Gasteiger partial charge in [-0.3, -0.25) is 0 Å². The molecule has 0 amide bonds. The zero-order chi connectivity index (χ0) is 24.7. The van der Waals surface area contributed by atoms with E-state index in [0.29, 0.717) is 11.1 Å². The number of rotatable bonds is 5. The van der Waals surface area contributed by atoms with Gasteiger partial charge in [-0.15, -0.1) is 0 Å². The Labute approximate surface area is 217 Å². The first-order chi connectivity index (χ1) is 16.0. The maximum Gasteiger partial charge on any atom is 0.206 e. The molecule has 0 aliphatic carbocycles. The van der Waals surface area contributed by atoms with Crippen molar-refractivity contribution in [3.8, 4) is 11.1 Å². The molecule has 0 aliphatic rings. The van der Waals surface area contributed by atoms with E-state index in [0.717, 1.165) is 0 Å². The van der Waals surface area contributed by atoms with Crippen LogP contribution < -0.4 is 0 Å². The minimum Gasteiger partial charge on any atom is -0.219 e. The minimum absolute atomic E-state index is 0.0338. The molecule has 34 heavy (non-hydrogen) atoms. The van der Waals surface area contributed by atoms with E-state index in [9.17, 15) is 16.8 Å². The highest BCUT2D eigenvalue weighted by Gasteiger charge is 2.20. The van der Waals surface area contributed by atoms with Gasteiger partial charge in [-0.1, -0.05) is 70.7 Å². The smallest absolute Gasteiger partial charge is 0.206 e. The lowest BCUT2D eigenvalue weighted by Crippen LogP contribution is -2.02. The van der Waals surface area contributed by atoms with Crippen LogP contribution >= 0.6 is 46.4 Å². The summed E-state index contributed by atoms with van der Waals surface area (Å²) in [5, 5.41) is 0.826. The largest absolute Gasteiger partial charge is 0.219 e. The van der Waals surface area contributed by atoms with Crippen LogP contribution in [-0.2, 0) is 19.7 Å². The average Bonchev–Trinajstić information content (AvgIpc) is 2.82. The van der Waals surface area contributed by atoms with Crippen molar-refractivity contribution in [2.45, 2.75) is 19.6 Å². The van der Waals surface area contributed by atoms with Gasteiger partial charge in [-0.25, -0.2) is 16.8 Å². The predicted molar refractivity (Wildman–Crippen MR) is 136 cm³/mol. The molecule has 174 valence electrons. The van der Waals surface area contributed by atoms with E-state index in [1.807, 2.05) is 0 Å². The third-order valence-electron chi connectivity index (χ3n) is 5.07. The van der Waals surface area contributed by atoms with Crippen LogP contribution in [0.15, 0.2) is 105 Å². The Morgan fingerprint density at radius 1 is 0.382 bits per heavy atom. The molecule has 0 fully saturated rings. The minimum atomic E-state index is -3.78. The van der Waals surface area contributed by atoms with Crippen LogP contribution in [0, 0.1) is 0 Å². The maximum atomic E-state index is 12.9. The standard InChI is InChI=1S/C24H14Cl4O4S2/c25-21-11-9-19(13-23(21)27)33(29,30)17-5-1-15(2-6-17)16-3-7-18(8-4-16)34(31,32)20-10-12-22(26)24(28)14-20/h1-14H. The molecular weight excluding hydrogens is 558 g/mol. The van der Waals surface area contributed by atoms with Gasteiger partial charge in [-0.2, -0.15) is 0 Å². The molecule has 0 saturated heterocycles. The summed E-state index contributed by atoms with van der Waals surface area (Å²) in [6, 6.07) is 20.8. The number of hydrogen-bond acceptors (Lipinski definition) is 4. The summed E-state index contributed by atoms with van der Waals surface area (Å²) < 4.78 is 51.6. The van der Waals surface area contributed by atoms with E-state index in [2.05, 4.69) is 0 Å². The highest BCUT2D eigenvalue weighted by Crippen LogP contribution is 2.31. The van der Waals surface area contributed by atoms with E-state index < -0.39 is 19.7 Å². The normalized spacial score (nSPS) is 12.0. The Morgan fingerprint density at radius 2 is 0.676 bits per heavy atom. The maximum absolute atomic E-state index is 12.9. The zero-order valence-electron chi connectivity index (χ0n) is 17.0. The van der Waals surface area contributed by atoms with Gasteiger partial charge in [0.25, 0.3) is 0 Å². The summed E-state index contributed by atoms with van der Waals surface area (Å²) in [4.78, 5) is 0.250. The first-order valence-electron chi connectivity index (χ1n) is 9.61. The fraction of sp³-hybridized carbons (Fsp3) is 0. The zero-order valence-corrected chi connectivity index (χ0v) is 21.7. The molecule has 4 aromatic carbocycles. The van der Waals surface area contributed by atoms with Crippen LogP contribution in [0.25, 0.3) is 11.1 Å². The number of sulfone groups is 2. The summed E-state index contributed by atoms with van der Waals surface area (Å²) in [5.41, 5.74) is 1.43. The fourth-order valence-electron chi connectivity index (χ4n) is 3.21. The third-order valence-corrected chi connectivity index (χ3v) is 10.1. The lowest BCUT2D eigenvalue weighted by atomic mass is 10.1. The topological polar surface area (TPSA) is 68.3 Å². The first-order valence-corrected chi connectivity index (χ1v) is 14.1. The van der Waals surface area contributed by atoms with Crippen molar-refractivity contribution in [2.24, 2.45) is 0 Å². The van der Waals surface area contributed by atoms with Gasteiger partial charge in [0, 0.05) is 0 Å². The summed E-state index contributed by atoms with van der Waals surface area (Å²) in [6.45, 7) is 0. The quantitative estimate of drug-likeness (QED) is 0.247. The molecule has 0 unspecified atom stereocenters. The molecular formula is C24H14Cl4O4S2. The molecule has 0 N–H and O–H groups in total. The molecule has 0 atom stereocenters. The molecule has 4 nitrogen and oxygen atoms in total. The van der Waals surface area contributed by atoms with Crippen LogP contribution in [0.3, 0.4) is 0 Å². The third kappa shape index (κ3) is 4.85. The van der Waals surface area contributed by atoms with Crippen molar-refractivity contribution in [2.75, 3.05) is 0 Å². The molecule has 0 spiro atoms. The van der Waals surface area contributed by atoms with Gasteiger partial charge < -0.3 is 0 Å². The summed E-state index contributed by atoms with van der Waals surface area (Å²) in [7, 11) is -7.57. The van der Waals surface area contributed by atoms with Crippen molar-refractivity contribution < 1.29 is 16.8 Å². The molecule has 0 radical (unpaired) electrons. The van der Waals surface area contributed by atoms with Crippen LogP contribution in [0.1, 0.15) is 0 Å². The predicted octanol–water partition coefficient (Wildman–Crippen LogP) is 7.63. The number of hydrogen-bond donors (Lipinski definition) is 0. The van der Waals surface area contributed by atoms with Crippen LogP contribution in [0.2, 0.25) is 20.1 Å². The van der Waals surface area contributed by atoms with Crippen molar-refractivity contribution >= 4 is 66.1 Å². The highest BCUT2D eigenvalue weighted by molar-refractivity contribution is 7.91. The van der Waals surface area contributed by atoms with Crippen molar-refractivity contribution in [1.82, 2.24) is 0 Å².